The molecular weight excluding hydrogens is 226 g/mol. The third-order valence-corrected chi connectivity index (χ3v) is 2.84. The molecule has 0 bridgehead atoms. The van der Waals surface area contributed by atoms with Crippen LogP contribution in [0.15, 0.2) is 30.3 Å². The van der Waals surface area contributed by atoms with Gasteiger partial charge in [0.05, 0.1) is 5.92 Å². The Morgan fingerprint density at radius 1 is 1.33 bits per heavy atom. The van der Waals surface area contributed by atoms with E-state index < -0.39 is 0 Å². The Kier molecular flexibility index (Phi) is 6.39. The van der Waals surface area contributed by atoms with Crippen molar-refractivity contribution in [1.29, 1.82) is 0 Å². The van der Waals surface area contributed by atoms with Gasteiger partial charge in [-0.2, -0.15) is 0 Å². The Bertz CT molecular complexity index is 351. The van der Waals surface area contributed by atoms with Gasteiger partial charge >= 0.3 is 0 Å². The number of rotatable bonds is 7. The van der Waals surface area contributed by atoms with Gasteiger partial charge < -0.3 is 16.0 Å². The molecule has 18 heavy (non-hydrogen) atoms. The lowest BCUT2D eigenvalue weighted by Gasteiger charge is -2.16. The first-order valence-corrected chi connectivity index (χ1v) is 6.30. The van der Waals surface area contributed by atoms with E-state index in [1.54, 1.807) is 0 Å². The van der Waals surface area contributed by atoms with Gasteiger partial charge in [0.1, 0.15) is 0 Å². The van der Waals surface area contributed by atoms with Crippen molar-refractivity contribution in [2.45, 2.75) is 6.42 Å². The van der Waals surface area contributed by atoms with Crippen molar-refractivity contribution in [3.63, 3.8) is 0 Å². The van der Waals surface area contributed by atoms with Gasteiger partial charge in [-0.05, 0) is 26.1 Å². The van der Waals surface area contributed by atoms with Crippen molar-refractivity contribution < 1.29 is 4.79 Å². The van der Waals surface area contributed by atoms with E-state index in [0.29, 0.717) is 19.5 Å². The summed E-state index contributed by atoms with van der Waals surface area (Å²) in [5.41, 5.74) is 6.83. The van der Waals surface area contributed by atoms with E-state index in [-0.39, 0.29) is 11.8 Å². The lowest BCUT2D eigenvalue weighted by Crippen LogP contribution is -2.39. The Balaban J connectivity index is 2.43. The van der Waals surface area contributed by atoms with Crippen molar-refractivity contribution >= 4 is 5.91 Å². The molecule has 1 aromatic carbocycles. The molecule has 0 saturated carbocycles. The van der Waals surface area contributed by atoms with Crippen LogP contribution < -0.4 is 11.1 Å². The van der Waals surface area contributed by atoms with E-state index in [1.807, 2.05) is 49.3 Å². The molecule has 0 fully saturated rings. The third kappa shape index (κ3) is 5.29. The Labute approximate surface area is 109 Å². The van der Waals surface area contributed by atoms with Crippen LogP contribution in [0, 0.1) is 5.92 Å². The number of nitrogens with one attached hydrogen (secondary N) is 1. The number of hydrogen-bond donors (Lipinski definition) is 2. The summed E-state index contributed by atoms with van der Waals surface area (Å²) in [5.74, 6) is -0.0993. The first kappa shape index (κ1) is 14.7. The topological polar surface area (TPSA) is 58.4 Å². The fraction of sp³-hybridized carbons (Fsp3) is 0.500. The first-order valence-electron chi connectivity index (χ1n) is 6.30. The van der Waals surface area contributed by atoms with Crippen LogP contribution in [0.3, 0.4) is 0 Å². The molecular formula is C14H23N3O. The second-order valence-electron chi connectivity index (χ2n) is 4.72. The lowest BCUT2D eigenvalue weighted by molar-refractivity contribution is -0.124. The van der Waals surface area contributed by atoms with E-state index in [1.165, 1.54) is 0 Å². The van der Waals surface area contributed by atoms with Crippen LogP contribution in [0.1, 0.15) is 5.56 Å². The van der Waals surface area contributed by atoms with E-state index >= 15 is 0 Å². The van der Waals surface area contributed by atoms with E-state index in [2.05, 4.69) is 5.32 Å². The standard InChI is InChI=1S/C14H23N3O/c1-17(2)9-8-16-14(18)13(11-15)10-12-6-4-3-5-7-12/h3-7,13H,8-11,15H2,1-2H3,(H,16,18). The van der Waals surface area contributed by atoms with Crippen LogP contribution in [0.2, 0.25) is 0 Å². The van der Waals surface area contributed by atoms with Gasteiger partial charge in [0, 0.05) is 19.6 Å². The highest BCUT2D eigenvalue weighted by Gasteiger charge is 2.16. The molecule has 100 valence electrons. The summed E-state index contributed by atoms with van der Waals surface area (Å²) in [7, 11) is 3.97. The molecule has 0 radical (unpaired) electrons. The van der Waals surface area contributed by atoms with Gasteiger partial charge in [-0.1, -0.05) is 30.3 Å². The molecule has 0 aliphatic rings. The number of likely N-dealkylation sites (N-methyl/N-ethyl adjacent to an activating group) is 1. The SMILES string of the molecule is CN(C)CCNC(=O)C(CN)Cc1ccccc1. The number of hydrogen-bond acceptors (Lipinski definition) is 3. The van der Waals surface area contributed by atoms with Crippen LogP contribution in [0.4, 0.5) is 0 Å². The molecule has 4 nitrogen and oxygen atoms in total. The second kappa shape index (κ2) is 7.84. The summed E-state index contributed by atoms with van der Waals surface area (Å²) in [4.78, 5) is 14.0. The molecule has 1 rings (SSSR count). The smallest absolute Gasteiger partial charge is 0.224 e. The molecule has 0 aliphatic carbocycles. The highest BCUT2D eigenvalue weighted by Crippen LogP contribution is 2.07. The number of benzene rings is 1. The maximum absolute atomic E-state index is 12.0. The molecule has 0 saturated heterocycles. The van der Waals surface area contributed by atoms with Gasteiger partial charge in [-0.3, -0.25) is 4.79 Å². The van der Waals surface area contributed by atoms with Gasteiger partial charge in [0.15, 0.2) is 0 Å². The molecule has 4 heteroatoms. The van der Waals surface area contributed by atoms with Crippen LogP contribution >= 0.6 is 0 Å². The minimum absolute atomic E-state index is 0.0446. The Morgan fingerprint density at radius 2 is 2.00 bits per heavy atom. The number of nitrogens with two attached hydrogens (primary N) is 1. The fourth-order valence-electron chi connectivity index (χ4n) is 1.73. The van der Waals surface area contributed by atoms with Crippen molar-refractivity contribution in [3.8, 4) is 0 Å². The molecule has 1 unspecified atom stereocenters. The fourth-order valence-corrected chi connectivity index (χ4v) is 1.73. The molecule has 3 N–H and O–H groups in total. The van der Waals surface area contributed by atoms with E-state index in [9.17, 15) is 4.79 Å². The summed E-state index contributed by atoms with van der Waals surface area (Å²) in [6.45, 7) is 1.88. The van der Waals surface area contributed by atoms with Gasteiger partial charge in [-0.25, -0.2) is 0 Å². The molecule has 0 aliphatic heterocycles. The number of amides is 1. The zero-order chi connectivity index (χ0) is 13.4. The van der Waals surface area contributed by atoms with Crippen LogP contribution in [-0.2, 0) is 11.2 Å². The highest BCUT2D eigenvalue weighted by atomic mass is 16.1. The van der Waals surface area contributed by atoms with Crippen molar-refractivity contribution in [1.82, 2.24) is 10.2 Å². The van der Waals surface area contributed by atoms with Crippen LogP contribution in [-0.4, -0.2) is 44.5 Å². The van der Waals surface area contributed by atoms with Crippen LogP contribution in [0.5, 0.6) is 0 Å². The first-order chi connectivity index (χ1) is 8.63. The van der Waals surface area contributed by atoms with E-state index in [0.717, 1.165) is 12.1 Å². The molecule has 0 aromatic heterocycles. The average molecular weight is 249 g/mol. The zero-order valence-corrected chi connectivity index (χ0v) is 11.2. The quantitative estimate of drug-likeness (QED) is 0.739. The third-order valence-electron chi connectivity index (χ3n) is 2.84. The summed E-state index contributed by atoms with van der Waals surface area (Å²) in [6.07, 6.45) is 0.700. The van der Waals surface area contributed by atoms with Crippen LogP contribution in [0.25, 0.3) is 0 Å². The monoisotopic (exact) mass is 249 g/mol. The minimum Gasteiger partial charge on any atom is -0.355 e. The van der Waals surface area contributed by atoms with E-state index in [4.69, 9.17) is 5.73 Å². The molecule has 0 heterocycles. The Hall–Kier alpha value is -1.39. The normalized spacial score (nSPS) is 12.4. The average Bonchev–Trinajstić information content (AvgIpc) is 2.36. The van der Waals surface area contributed by atoms with Crippen molar-refractivity contribution in [2.75, 3.05) is 33.7 Å². The number of carbonyl (C=O) groups is 1. The maximum atomic E-state index is 12.0. The van der Waals surface area contributed by atoms with Gasteiger partial charge in [0.2, 0.25) is 5.91 Å². The predicted octanol–water partition coefficient (Wildman–Crippen LogP) is 0.482. The van der Waals surface area contributed by atoms with Gasteiger partial charge in [-0.15, -0.1) is 0 Å². The zero-order valence-electron chi connectivity index (χ0n) is 11.2. The summed E-state index contributed by atoms with van der Waals surface area (Å²) < 4.78 is 0. The molecule has 1 aromatic rings. The minimum atomic E-state index is -0.144. The van der Waals surface area contributed by atoms with Crippen molar-refractivity contribution in [3.05, 3.63) is 35.9 Å². The molecule has 0 spiro atoms. The summed E-state index contributed by atoms with van der Waals surface area (Å²) in [6, 6.07) is 9.98. The molecule has 1 atom stereocenters. The largest absolute Gasteiger partial charge is 0.355 e. The van der Waals surface area contributed by atoms with Gasteiger partial charge in [0.25, 0.3) is 0 Å². The number of nitrogens with zero attached hydrogens (tertiary/aromatic N) is 1. The molecule has 1 amide bonds. The summed E-state index contributed by atoms with van der Waals surface area (Å²) in [5, 5.41) is 2.92. The number of carbonyl (C=O) groups excluding carboxylic acids is 1. The van der Waals surface area contributed by atoms with Crippen molar-refractivity contribution in [2.24, 2.45) is 11.7 Å². The lowest BCUT2D eigenvalue weighted by atomic mass is 9.98. The maximum Gasteiger partial charge on any atom is 0.224 e. The highest BCUT2D eigenvalue weighted by molar-refractivity contribution is 5.79. The Morgan fingerprint density at radius 3 is 2.56 bits per heavy atom. The second-order valence-corrected chi connectivity index (χ2v) is 4.72. The summed E-state index contributed by atoms with van der Waals surface area (Å²) >= 11 is 0. The predicted molar refractivity (Wildman–Crippen MR) is 74.3 cm³/mol.